The summed E-state index contributed by atoms with van der Waals surface area (Å²) in [4.78, 5) is 23.8. The van der Waals surface area contributed by atoms with Gasteiger partial charge >= 0.3 is 0 Å². The van der Waals surface area contributed by atoms with Crippen LogP contribution in [0.5, 0.6) is 0 Å². The summed E-state index contributed by atoms with van der Waals surface area (Å²) in [6.45, 7) is 3.38. The number of hydrogen-bond donors (Lipinski definition) is 2. The minimum atomic E-state index is -0.539. The van der Waals surface area contributed by atoms with Gasteiger partial charge in [-0.3, -0.25) is 20.3 Å². The topological polar surface area (TPSA) is 79.9 Å². The van der Waals surface area contributed by atoms with Crippen molar-refractivity contribution in [1.82, 2.24) is 10.4 Å². The van der Waals surface area contributed by atoms with Crippen LogP contribution >= 0.6 is 0 Å². The van der Waals surface area contributed by atoms with Crippen molar-refractivity contribution in [3.05, 3.63) is 39.9 Å². The molecule has 0 aromatic heterocycles. The number of benzene rings is 1. The van der Waals surface area contributed by atoms with Crippen molar-refractivity contribution in [2.24, 2.45) is 0 Å². The lowest BCUT2D eigenvalue weighted by Crippen LogP contribution is -3.12. The first-order valence-electron chi connectivity index (χ1n) is 6.18. The number of nitrogens with zero attached hydrogens (tertiary/aromatic N) is 2. The third kappa shape index (κ3) is 3.27. The highest BCUT2D eigenvalue weighted by Gasteiger charge is 2.23. The second kappa shape index (κ2) is 5.77. The number of nitro groups is 1. The monoisotopic (exact) mass is 265 g/mol. The van der Waals surface area contributed by atoms with Gasteiger partial charge in [0.2, 0.25) is 0 Å². The number of nitrogens with one attached hydrogen (secondary N) is 2. The molecule has 2 rings (SSSR count). The van der Waals surface area contributed by atoms with Crippen LogP contribution in [0.4, 0.5) is 5.69 Å². The number of carbonyl (C=O) groups excluding carboxylic acids is 1. The first-order valence-corrected chi connectivity index (χ1v) is 6.18. The van der Waals surface area contributed by atoms with Gasteiger partial charge < -0.3 is 4.90 Å². The molecule has 1 heterocycles. The molecule has 1 aliphatic rings. The van der Waals surface area contributed by atoms with Crippen molar-refractivity contribution in [2.75, 3.05) is 33.2 Å². The average molecular weight is 265 g/mol. The number of hydrogen-bond acceptors (Lipinski definition) is 4. The molecule has 0 radical (unpaired) electrons. The van der Waals surface area contributed by atoms with E-state index in [4.69, 9.17) is 0 Å². The first kappa shape index (κ1) is 13.4. The van der Waals surface area contributed by atoms with Gasteiger partial charge in [-0.2, -0.15) is 0 Å². The molecule has 1 saturated heterocycles. The Morgan fingerprint density at radius 2 is 2.00 bits per heavy atom. The van der Waals surface area contributed by atoms with Crippen molar-refractivity contribution in [1.29, 1.82) is 0 Å². The number of para-hydroxylation sites is 1. The third-order valence-electron chi connectivity index (χ3n) is 3.22. The average Bonchev–Trinajstić information content (AvgIpc) is 2.41. The third-order valence-corrected chi connectivity index (χ3v) is 3.22. The number of carbonyl (C=O) groups is 1. The molecule has 19 heavy (non-hydrogen) atoms. The van der Waals surface area contributed by atoms with E-state index >= 15 is 0 Å². The second-order valence-corrected chi connectivity index (χ2v) is 4.66. The fraction of sp³-hybridized carbons (Fsp3) is 0.417. The van der Waals surface area contributed by atoms with Gasteiger partial charge in [0, 0.05) is 6.07 Å². The van der Waals surface area contributed by atoms with Crippen molar-refractivity contribution in [3.63, 3.8) is 0 Å². The molecule has 1 amide bonds. The second-order valence-electron chi connectivity index (χ2n) is 4.66. The number of rotatable bonds is 3. The van der Waals surface area contributed by atoms with E-state index in [9.17, 15) is 14.9 Å². The Labute approximate surface area is 110 Å². The van der Waals surface area contributed by atoms with E-state index in [1.165, 1.54) is 17.0 Å². The number of quaternary nitrogens is 1. The molecule has 0 aliphatic carbocycles. The van der Waals surface area contributed by atoms with Gasteiger partial charge in [0.15, 0.2) is 0 Å². The molecule has 1 aliphatic heterocycles. The molecular formula is C12H17N4O3+. The van der Waals surface area contributed by atoms with Crippen LogP contribution < -0.4 is 10.3 Å². The Kier molecular flexibility index (Phi) is 4.08. The SMILES string of the molecule is C[NH+]1CCN(NC(=O)c2ccccc2[N+](=O)[O-])CC1. The Hall–Kier alpha value is -1.99. The van der Waals surface area contributed by atoms with Gasteiger partial charge in [0.05, 0.1) is 38.2 Å². The first-order chi connectivity index (χ1) is 9.08. The summed E-state index contributed by atoms with van der Waals surface area (Å²) in [5.74, 6) is -0.424. The van der Waals surface area contributed by atoms with E-state index in [0.717, 1.165) is 26.2 Å². The maximum atomic E-state index is 12.1. The molecule has 7 nitrogen and oxygen atoms in total. The van der Waals surface area contributed by atoms with Crippen LogP contribution in [0, 0.1) is 10.1 Å². The number of likely N-dealkylation sites (N-methyl/N-ethyl adjacent to an activating group) is 1. The van der Waals surface area contributed by atoms with Crippen LogP contribution in [0.3, 0.4) is 0 Å². The molecule has 0 atom stereocenters. The van der Waals surface area contributed by atoms with E-state index < -0.39 is 10.8 Å². The summed E-state index contributed by atoms with van der Waals surface area (Å²) in [6, 6.07) is 5.97. The minimum absolute atomic E-state index is 0.0961. The zero-order valence-electron chi connectivity index (χ0n) is 10.8. The standard InChI is InChI=1S/C12H16N4O3/c1-14-6-8-15(9-7-14)13-12(17)10-4-2-3-5-11(10)16(18)19/h2-5H,6-9H2,1H3,(H,13,17)/p+1. The molecule has 1 fully saturated rings. The smallest absolute Gasteiger partial charge is 0.282 e. The van der Waals surface area contributed by atoms with Crippen LogP contribution in [0.15, 0.2) is 24.3 Å². The van der Waals surface area contributed by atoms with Crippen LogP contribution in [0.25, 0.3) is 0 Å². The largest absolute Gasteiger partial charge is 0.335 e. The van der Waals surface area contributed by atoms with Crippen LogP contribution in [-0.2, 0) is 0 Å². The van der Waals surface area contributed by atoms with Crippen LogP contribution in [0.2, 0.25) is 0 Å². The van der Waals surface area contributed by atoms with E-state index in [1.807, 2.05) is 5.01 Å². The van der Waals surface area contributed by atoms with Gasteiger partial charge in [0.25, 0.3) is 11.6 Å². The van der Waals surface area contributed by atoms with Crippen molar-refractivity contribution < 1.29 is 14.6 Å². The van der Waals surface area contributed by atoms with Crippen molar-refractivity contribution in [3.8, 4) is 0 Å². The highest BCUT2D eigenvalue weighted by molar-refractivity contribution is 5.97. The maximum Gasteiger partial charge on any atom is 0.282 e. The van der Waals surface area contributed by atoms with Gasteiger partial charge in [-0.15, -0.1) is 0 Å². The van der Waals surface area contributed by atoms with E-state index in [0.29, 0.717) is 0 Å². The molecule has 0 unspecified atom stereocenters. The maximum absolute atomic E-state index is 12.1. The van der Waals surface area contributed by atoms with E-state index in [1.54, 1.807) is 12.1 Å². The number of amides is 1. The Balaban J connectivity index is 2.06. The summed E-state index contributed by atoms with van der Waals surface area (Å²) in [7, 11) is 2.10. The molecule has 1 aromatic rings. The van der Waals surface area contributed by atoms with Gasteiger partial charge in [-0.1, -0.05) is 12.1 Å². The van der Waals surface area contributed by atoms with Crippen molar-refractivity contribution >= 4 is 11.6 Å². The van der Waals surface area contributed by atoms with Crippen LogP contribution in [-0.4, -0.2) is 49.1 Å². The Morgan fingerprint density at radius 3 is 2.63 bits per heavy atom. The summed E-state index contributed by atoms with van der Waals surface area (Å²) < 4.78 is 0. The predicted molar refractivity (Wildman–Crippen MR) is 68.8 cm³/mol. The zero-order chi connectivity index (χ0) is 13.8. The molecule has 0 spiro atoms. The van der Waals surface area contributed by atoms with E-state index in [2.05, 4.69) is 12.5 Å². The normalized spacial score (nSPS) is 17.1. The molecule has 102 valence electrons. The Morgan fingerprint density at radius 1 is 1.37 bits per heavy atom. The summed E-state index contributed by atoms with van der Waals surface area (Å²) in [5, 5.41) is 12.7. The zero-order valence-corrected chi connectivity index (χ0v) is 10.8. The molecule has 7 heteroatoms. The van der Waals surface area contributed by atoms with Gasteiger partial charge in [-0.25, -0.2) is 5.01 Å². The molecule has 2 N–H and O–H groups in total. The van der Waals surface area contributed by atoms with Gasteiger partial charge in [0.1, 0.15) is 5.56 Å². The molecule has 0 saturated carbocycles. The molecular weight excluding hydrogens is 248 g/mol. The van der Waals surface area contributed by atoms with Crippen molar-refractivity contribution in [2.45, 2.75) is 0 Å². The lowest BCUT2D eigenvalue weighted by molar-refractivity contribution is -0.884. The minimum Gasteiger partial charge on any atom is -0.335 e. The highest BCUT2D eigenvalue weighted by Crippen LogP contribution is 2.17. The van der Waals surface area contributed by atoms with Gasteiger partial charge in [-0.05, 0) is 6.07 Å². The fourth-order valence-corrected chi connectivity index (χ4v) is 2.03. The number of nitro benzene ring substituents is 1. The lowest BCUT2D eigenvalue weighted by Gasteiger charge is -2.29. The molecule has 0 bridgehead atoms. The van der Waals surface area contributed by atoms with Crippen LogP contribution in [0.1, 0.15) is 10.4 Å². The lowest BCUT2D eigenvalue weighted by atomic mass is 10.2. The summed E-state index contributed by atoms with van der Waals surface area (Å²) in [5.41, 5.74) is 2.66. The summed E-state index contributed by atoms with van der Waals surface area (Å²) in [6.07, 6.45) is 0. The van der Waals surface area contributed by atoms with E-state index in [-0.39, 0.29) is 11.3 Å². The Bertz CT molecular complexity index is 484. The highest BCUT2D eigenvalue weighted by atomic mass is 16.6. The quantitative estimate of drug-likeness (QED) is 0.546. The number of piperazine rings is 1. The fourth-order valence-electron chi connectivity index (χ4n) is 2.03. The molecule has 1 aromatic carbocycles. The number of hydrazine groups is 1. The summed E-state index contributed by atoms with van der Waals surface area (Å²) >= 11 is 0. The predicted octanol–water partition coefficient (Wildman–Crippen LogP) is -0.930.